The Kier molecular flexibility index (Phi) is 3.99. The Morgan fingerprint density at radius 1 is 1.33 bits per heavy atom. The van der Waals surface area contributed by atoms with Gasteiger partial charge in [0.2, 0.25) is 0 Å². The van der Waals surface area contributed by atoms with Crippen LogP contribution in [0.5, 0.6) is 0 Å². The van der Waals surface area contributed by atoms with Crippen molar-refractivity contribution in [2.24, 2.45) is 0 Å². The van der Waals surface area contributed by atoms with E-state index in [9.17, 15) is 0 Å². The quantitative estimate of drug-likeness (QED) is 0.923. The molecule has 1 aromatic heterocycles. The molecule has 0 atom stereocenters. The maximum atomic E-state index is 6.06. The zero-order valence-electron chi connectivity index (χ0n) is 10.9. The number of benzene rings is 1. The molecular formula is C13H17ClN4. The van der Waals surface area contributed by atoms with Crippen molar-refractivity contribution in [2.45, 2.75) is 27.3 Å². The minimum atomic E-state index is 0.737. The second-order valence-electron chi connectivity index (χ2n) is 4.17. The SMILES string of the molecule is CCNCc1cc(Cl)ccc1-n1nc(C)nc1C. The van der Waals surface area contributed by atoms with Crippen LogP contribution in [0.25, 0.3) is 5.69 Å². The number of hydrogen-bond donors (Lipinski definition) is 1. The van der Waals surface area contributed by atoms with E-state index in [1.54, 1.807) is 0 Å². The molecule has 0 radical (unpaired) electrons. The number of aromatic nitrogens is 3. The highest BCUT2D eigenvalue weighted by Gasteiger charge is 2.10. The van der Waals surface area contributed by atoms with E-state index >= 15 is 0 Å². The predicted molar refractivity (Wildman–Crippen MR) is 73.2 cm³/mol. The van der Waals surface area contributed by atoms with Gasteiger partial charge in [0.1, 0.15) is 11.6 Å². The molecule has 0 fully saturated rings. The first-order valence-corrected chi connectivity index (χ1v) is 6.39. The van der Waals surface area contributed by atoms with E-state index < -0.39 is 0 Å². The standard InChI is InChI=1S/C13H17ClN4/c1-4-15-8-11-7-12(14)5-6-13(11)18-10(3)16-9(2)17-18/h5-7,15H,4,8H2,1-3H3. The van der Waals surface area contributed by atoms with E-state index in [1.165, 1.54) is 0 Å². The maximum absolute atomic E-state index is 6.06. The smallest absolute Gasteiger partial charge is 0.148 e. The fraction of sp³-hybridized carbons (Fsp3) is 0.385. The molecule has 2 aromatic rings. The Morgan fingerprint density at radius 3 is 2.72 bits per heavy atom. The van der Waals surface area contributed by atoms with Crippen LogP contribution in [0, 0.1) is 13.8 Å². The highest BCUT2D eigenvalue weighted by atomic mass is 35.5. The second-order valence-corrected chi connectivity index (χ2v) is 4.61. The van der Waals surface area contributed by atoms with Crippen molar-refractivity contribution in [3.05, 3.63) is 40.4 Å². The predicted octanol–water partition coefficient (Wildman–Crippen LogP) is 2.65. The van der Waals surface area contributed by atoms with Crippen LogP contribution in [-0.2, 0) is 6.54 Å². The lowest BCUT2D eigenvalue weighted by molar-refractivity contribution is 0.713. The van der Waals surface area contributed by atoms with Gasteiger partial charge >= 0.3 is 0 Å². The van der Waals surface area contributed by atoms with Gasteiger partial charge in [-0.05, 0) is 44.2 Å². The summed E-state index contributed by atoms with van der Waals surface area (Å²) in [5.74, 6) is 1.66. The van der Waals surface area contributed by atoms with E-state index in [0.717, 1.165) is 41.0 Å². The molecule has 5 heteroatoms. The van der Waals surface area contributed by atoms with E-state index in [0.29, 0.717) is 0 Å². The van der Waals surface area contributed by atoms with Crippen molar-refractivity contribution in [3.8, 4) is 5.69 Å². The van der Waals surface area contributed by atoms with Crippen LogP contribution in [0.4, 0.5) is 0 Å². The summed E-state index contributed by atoms with van der Waals surface area (Å²) >= 11 is 6.06. The summed E-state index contributed by atoms with van der Waals surface area (Å²) in [7, 11) is 0. The molecule has 0 amide bonds. The Labute approximate surface area is 112 Å². The average molecular weight is 265 g/mol. The van der Waals surface area contributed by atoms with Crippen molar-refractivity contribution in [2.75, 3.05) is 6.54 Å². The van der Waals surface area contributed by atoms with Gasteiger partial charge in [-0.3, -0.25) is 0 Å². The highest BCUT2D eigenvalue weighted by Crippen LogP contribution is 2.20. The molecule has 0 saturated heterocycles. The van der Waals surface area contributed by atoms with Gasteiger partial charge in [0.15, 0.2) is 0 Å². The Bertz CT molecular complexity index is 548. The van der Waals surface area contributed by atoms with Crippen LogP contribution >= 0.6 is 11.6 Å². The van der Waals surface area contributed by atoms with Gasteiger partial charge in [-0.2, -0.15) is 5.10 Å². The van der Waals surface area contributed by atoms with Crippen molar-refractivity contribution in [1.82, 2.24) is 20.1 Å². The lowest BCUT2D eigenvalue weighted by Crippen LogP contribution is -2.14. The molecule has 0 bridgehead atoms. The van der Waals surface area contributed by atoms with E-state index in [4.69, 9.17) is 11.6 Å². The van der Waals surface area contributed by atoms with E-state index in [-0.39, 0.29) is 0 Å². The minimum Gasteiger partial charge on any atom is -0.313 e. The van der Waals surface area contributed by atoms with Gasteiger partial charge in [0.25, 0.3) is 0 Å². The lowest BCUT2D eigenvalue weighted by atomic mass is 10.1. The number of nitrogens with zero attached hydrogens (tertiary/aromatic N) is 3. The first-order valence-electron chi connectivity index (χ1n) is 6.01. The van der Waals surface area contributed by atoms with Crippen LogP contribution in [0.1, 0.15) is 24.1 Å². The third-order valence-electron chi connectivity index (χ3n) is 2.71. The zero-order valence-corrected chi connectivity index (χ0v) is 11.6. The fourth-order valence-electron chi connectivity index (χ4n) is 1.91. The highest BCUT2D eigenvalue weighted by molar-refractivity contribution is 6.30. The summed E-state index contributed by atoms with van der Waals surface area (Å²) < 4.78 is 1.86. The molecule has 1 aromatic carbocycles. The largest absolute Gasteiger partial charge is 0.313 e. The van der Waals surface area contributed by atoms with Gasteiger partial charge in [-0.25, -0.2) is 9.67 Å². The molecule has 4 nitrogen and oxygen atoms in total. The number of hydrogen-bond acceptors (Lipinski definition) is 3. The van der Waals surface area contributed by atoms with Crippen molar-refractivity contribution in [3.63, 3.8) is 0 Å². The molecule has 0 saturated carbocycles. The third-order valence-corrected chi connectivity index (χ3v) is 2.95. The summed E-state index contributed by atoms with van der Waals surface area (Å²) in [6, 6.07) is 5.83. The van der Waals surface area contributed by atoms with Crippen LogP contribution in [-0.4, -0.2) is 21.3 Å². The van der Waals surface area contributed by atoms with E-state index in [1.807, 2.05) is 36.7 Å². The number of halogens is 1. The molecule has 1 heterocycles. The second kappa shape index (κ2) is 5.50. The van der Waals surface area contributed by atoms with Crippen LogP contribution in [0.2, 0.25) is 5.02 Å². The van der Waals surface area contributed by atoms with Crippen molar-refractivity contribution >= 4 is 11.6 Å². The summed E-state index contributed by atoms with van der Waals surface area (Å²) in [6.45, 7) is 7.61. The molecule has 0 aliphatic rings. The molecule has 0 unspecified atom stereocenters. The van der Waals surface area contributed by atoms with Crippen molar-refractivity contribution < 1.29 is 0 Å². The lowest BCUT2D eigenvalue weighted by Gasteiger charge is -2.11. The van der Waals surface area contributed by atoms with Gasteiger partial charge in [-0.1, -0.05) is 18.5 Å². The molecule has 0 aliphatic carbocycles. The summed E-state index contributed by atoms with van der Waals surface area (Å²) in [5, 5.41) is 8.46. The number of nitrogens with one attached hydrogen (secondary N) is 1. The molecular weight excluding hydrogens is 248 g/mol. The topological polar surface area (TPSA) is 42.7 Å². The molecule has 0 aliphatic heterocycles. The molecule has 1 N–H and O–H groups in total. The maximum Gasteiger partial charge on any atom is 0.148 e. The van der Waals surface area contributed by atoms with Gasteiger partial charge in [-0.15, -0.1) is 0 Å². The fourth-order valence-corrected chi connectivity index (χ4v) is 2.11. The number of rotatable bonds is 4. The van der Waals surface area contributed by atoms with Crippen LogP contribution < -0.4 is 5.32 Å². The Balaban J connectivity index is 2.46. The average Bonchev–Trinajstić information content (AvgIpc) is 2.66. The molecule has 0 spiro atoms. The first-order chi connectivity index (χ1) is 8.61. The zero-order chi connectivity index (χ0) is 13.1. The Morgan fingerprint density at radius 2 is 2.11 bits per heavy atom. The minimum absolute atomic E-state index is 0.737. The summed E-state index contributed by atoms with van der Waals surface area (Å²) in [6.07, 6.45) is 0. The molecule has 18 heavy (non-hydrogen) atoms. The van der Waals surface area contributed by atoms with Crippen molar-refractivity contribution in [1.29, 1.82) is 0 Å². The number of aryl methyl sites for hydroxylation is 2. The van der Waals surface area contributed by atoms with Crippen LogP contribution in [0.3, 0.4) is 0 Å². The van der Waals surface area contributed by atoms with Gasteiger partial charge in [0, 0.05) is 11.6 Å². The van der Waals surface area contributed by atoms with Gasteiger partial charge < -0.3 is 5.32 Å². The first kappa shape index (κ1) is 13.1. The Hall–Kier alpha value is -1.39. The monoisotopic (exact) mass is 264 g/mol. The van der Waals surface area contributed by atoms with E-state index in [2.05, 4.69) is 22.3 Å². The van der Waals surface area contributed by atoms with Crippen LogP contribution in [0.15, 0.2) is 18.2 Å². The third kappa shape index (κ3) is 2.71. The summed E-state index contributed by atoms with van der Waals surface area (Å²) in [5.41, 5.74) is 2.15. The molecule has 96 valence electrons. The van der Waals surface area contributed by atoms with Gasteiger partial charge in [0.05, 0.1) is 5.69 Å². The summed E-state index contributed by atoms with van der Waals surface area (Å²) in [4.78, 5) is 4.33. The normalized spacial score (nSPS) is 10.9. The molecule has 2 rings (SSSR count).